The van der Waals surface area contributed by atoms with Crippen LogP contribution in [0.5, 0.6) is 0 Å². The second kappa shape index (κ2) is 6.77. The highest BCUT2D eigenvalue weighted by Crippen LogP contribution is 2.45. The molecule has 0 aromatic carbocycles. The predicted molar refractivity (Wildman–Crippen MR) is 51.2 cm³/mol. The Morgan fingerprint density at radius 1 is 0.909 bits per heavy atom. The summed E-state index contributed by atoms with van der Waals surface area (Å²) >= 11 is 0. The number of ether oxygens (including phenoxy) is 2. The second-order valence-electron chi connectivity index (χ2n) is 4.48. The highest BCUT2D eigenvalue weighted by atomic mass is 19.3. The van der Waals surface area contributed by atoms with Crippen molar-refractivity contribution in [1.29, 1.82) is 0 Å². The Morgan fingerprint density at radius 2 is 1.41 bits per heavy atom. The van der Waals surface area contributed by atoms with Gasteiger partial charge in [0.1, 0.15) is 6.10 Å². The van der Waals surface area contributed by atoms with E-state index < -0.39 is 55.9 Å². The molecule has 0 saturated carbocycles. The first-order chi connectivity index (χ1) is 9.92. The van der Waals surface area contributed by atoms with Gasteiger partial charge in [-0.1, -0.05) is 0 Å². The van der Waals surface area contributed by atoms with Crippen LogP contribution in [-0.2, 0) is 9.47 Å². The molecule has 0 bridgehead atoms. The second-order valence-corrected chi connectivity index (χ2v) is 4.48. The van der Waals surface area contributed by atoms with Gasteiger partial charge in [0.25, 0.3) is 12.8 Å². The molecular formula is C10H10F10O2. The minimum atomic E-state index is -6.12. The lowest BCUT2D eigenvalue weighted by atomic mass is 10.00. The Kier molecular flexibility index (Phi) is 5.93. The summed E-state index contributed by atoms with van der Waals surface area (Å²) in [5, 5.41) is 0. The zero-order valence-electron chi connectivity index (χ0n) is 10.5. The maximum Gasteiger partial charge on any atom is 0.367 e. The molecule has 1 aliphatic heterocycles. The summed E-state index contributed by atoms with van der Waals surface area (Å²) in [6.45, 7) is -0.851. The van der Waals surface area contributed by atoms with Gasteiger partial charge in [0, 0.05) is 0 Å². The number of halogens is 10. The van der Waals surface area contributed by atoms with Crippen molar-refractivity contribution in [3.8, 4) is 0 Å². The maximum absolute atomic E-state index is 13.1. The summed E-state index contributed by atoms with van der Waals surface area (Å²) in [6, 6.07) is 0. The quantitative estimate of drug-likeness (QED) is 0.469. The first kappa shape index (κ1) is 19.3. The molecule has 1 saturated heterocycles. The van der Waals surface area contributed by atoms with E-state index in [-0.39, 0.29) is 6.61 Å². The number of alkyl halides is 10. The molecule has 0 N–H and O–H groups in total. The zero-order chi connectivity index (χ0) is 17.3. The van der Waals surface area contributed by atoms with Crippen molar-refractivity contribution >= 4 is 0 Å². The van der Waals surface area contributed by atoms with E-state index in [0.29, 0.717) is 0 Å². The molecule has 0 radical (unpaired) electrons. The summed E-state index contributed by atoms with van der Waals surface area (Å²) in [5.41, 5.74) is 0. The van der Waals surface area contributed by atoms with E-state index in [9.17, 15) is 43.9 Å². The highest BCUT2D eigenvalue weighted by Gasteiger charge is 2.70. The molecule has 1 heterocycles. The summed E-state index contributed by atoms with van der Waals surface area (Å²) in [4.78, 5) is 0. The van der Waals surface area contributed by atoms with Crippen LogP contribution in [0.1, 0.15) is 0 Å². The van der Waals surface area contributed by atoms with Gasteiger partial charge >= 0.3 is 11.8 Å². The fourth-order valence-electron chi connectivity index (χ4n) is 1.30. The normalized spacial score (nSPS) is 25.0. The van der Waals surface area contributed by atoms with Gasteiger partial charge in [0.2, 0.25) is 6.17 Å². The van der Waals surface area contributed by atoms with Gasteiger partial charge in [0.05, 0.1) is 13.2 Å². The molecule has 0 aromatic heterocycles. The molecule has 12 heteroatoms. The van der Waals surface area contributed by atoms with E-state index >= 15 is 0 Å². The first-order valence-corrected chi connectivity index (χ1v) is 5.76. The number of hydrogen-bond acceptors (Lipinski definition) is 2. The Balaban J connectivity index is 2.78. The standard InChI is InChI=1S/C10H10F10O2/c11-4(5(12)7(14)15)6(13)9(17,18)10(19,20)8(16)22-2-3-1-21-3/h3-8H,1-2H2. The molecule has 5 unspecified atom stereocenters. The largest absolute Gasteiger partial charge is 0.371 e. The van der Waals surface area contributed by atoms with E-state index in [0.717, 1.165) is 0 Å². The Labute approximate surface area is 117 Å². The van der Waals surface area contributed by atoms with Crippen LogP contribution in [0.25, 0.3) is 0 Å². The van der Waals surface area contributed by atoms with Gasteiger partial charge in [-0.15, -0.1) is 0 Å². The number of epoxide rings is 1. The van der Waals surface area contributed by atoms with E-state index in [2.05, 4.69) is 9.47 Å². The van der Waals surface area contributed by atoms with Crippen molar-refractivity contribution in [3.05, 3.63) is 0 Å². The Hall–Kier alpha value is -0.780. The van der Waals surface area contributed by atoms with Crippen molar-refractivity contribution in [1.82, 2.24) is 0 Å². The SMILES string of the molecule is FC(F)C(F)C(F)C(F)C(F)(F)C(F)(F)C(F)OCC1CO1. The fraction of sp³-hybridized carbons (Fsp3) is 1.00. The molecule has 0 aromatic rings. The summed E-state index contributed by atoms with van der Waals surface area (Å²) in [5.74, 6) is -12.0. The monoisotopic (exact) mass is 352 g/mol. The van der Waals surface area contributed by atoms with Gasteiger partial charge in [0.15, 0.2) is 12.3 Å². The average molecular weight is 352 g/mol. The molecule has 0 amide bonds. The smallest absolute Gasteiger partial charge is 0.367 e. The molecule has 0 spiro atoms. The van der Waals surface area contributed by atoms with Gasteiger partial charge in [-0.2, -0.15) is 17.6 Å². The van der Waals surface area contributed by atoms with Crippen molar-refractivity contribution < 1.29 is 53.4 Å². The molecule has 132 valence electrons. The van der Waals surface area contributed by atoms with Crippen LogP contribution in [0.3, 0.4) is 0 Å². The molecule has 1 rings (SSSR count). The minimum Gasteiger partial charge on any atom is -0.371 e. The maximum atomic E-state index is 13.1. The van der Waals surface area contributed by atoms with Crippen molar-refractivity contribution in [3.63, 3.8) is 0 Å². The van der Waals surface area contributed by atoms with Crippen LogP contribution in [0.2, 0.25) is 0 Å². The number of rotatable bonds is 9. The molecule has 5 atom stereocenters. The Morgan fingerprint density at radius 3 is 1.82 bits per heavy atom. The van der Waals surface area contributed by atoms with Crippen molar-refractivity contribution in [2.24, 2.45) is 0 Å². The Bertz CT molecular complexity index is 362. The van der Waals surface area contributed by atoms with E-state index in [1.165, 1.54) is 0 Å². The van der Waals surface area contributed by atoms with Gasteiger partial charge in [-0.3, -0.25) is 0 Å². The van der Waals surface area contributed by atoms with Crippen LogP contribution in [0.15, 0.2) is 0 Å². The van der Waals surface area contributed by atoms with Gasteiger partial charge in [-0.05, 0) is 0 Å². The first-order valence-electron chi connectivity index (χ1n) is 5.76. The molecule has 1 fully saturated rings. The van der Waals surface area contributed by atoms with E-state index in [1.807, 2.05) is 0 Å². The van der Waals surface area contributed by atoms with Crippen LogP contribution < -0.4 is 0 Å². The highest BCUT2D eigenvalue weighted by molar-refractivity contribution is 4.98. The van der Waals surface area contributed by atoms with Crippen LogP contribution >= 0.6 is 0 Å². The van der Waals surface area contributed by atoms with E-state index in [1.54, 1.807) is 0 Å². The van der Waals surface area contributed by atoms with Crippen molar-refractivity contribution in [2.45, 2.75) is 49.2 Å². The van der Waals surface area contributed by atoms with Gasteiger partial charge in [-0.25, -0.2) is 26.3 Å². The topological polar surface area (TPSA) is 21.8 Å². The van der Waals surface area contributed by atoms with Crippen LogP contribution in [-0.4, -0.2) is 62.5 Å². The number of hydrogen-bond donors (Lipinski definition) is 0. The molecular weight excluding hydrogens is 342 g/mol. The zero-order valence-corrected chi connectivity index (χ0v) is 10.5. The average Bonchev–Trinajstić information content (AvgIpc) is 3.25. The molecule has 1 aliphatic rings. The lowest BCUT2D eigenvalue weighted by molar-refractivity contribution is -0.317. The fourth-order valence-corrected chi connectivity index (χ4v) is 1.30. The summed E-state index contributed by atoms with van der Waals surface area (Å²) in [6.07, 6.45) is -22.1. The molecule has 22 heavy (non-hydrogen) atoms. The third-order valence-corrected chi connectivity index (χ3v) is 2.73. The van der Waals surface area contributed by atoms with Crippen molar-refractivity contribution in [2.75, 3.05) is 13.2 Å². The third kappa shape index (κ3) is 3.94. The lowest BCUT2D eigenvalue weighted by Gasteiger charge is -2.32. The minimum absolute atomic E-state index is 0.00486. The lowest BCUT2D eigenvalue weighted by Crippen LogP contribution is -2.58. The van der Waals surface area contributed by atoms with Crippen LogP contribution in [0.4, 0.5) is 43.9 Å². The summed E-state index contributed by atoms with van der Waals surface area (Å²) in [7, 11) is 0. The molecule has 0 aliphatic carbocycles. The third-order valence-electron chi connectivity index (χ3n) is 2.73. The van der Waals surface area contributed by atoms with E-state index in [4.69, 9.17) is 0 Å². The predicted octanol–water partition coefficient (Wildman–Crippen LogP) is 3.25. The molecule has 2 nitrogen and oxygen atoms in total. The van der Waals surface area contributed by atoms with Crippen LogP contribution in [0, 0.1) is 0 Å². The van der Waals surface area contributed by atoms with Gasteiger partial charge < -0.3 is 9.47 Å². The summed E-state index contributed by atoms with van der Waals surface area (Å²) < 4.78 is 136.